The summed E-state index contributed by atoms with van der Waals surface area (Å²) in [7, 11) is 0. The summed E-state index contributed by atoms with van der Waals surface area (Å²) in [6, 6.07) is 14.0. The molecule has 17 heavy (non-hydrogen) atoms. The maximum atomic E-state index is 4.33. The first-order chi connectivity index (χ1) is 7.95. The fraction of sp³-hybridized carbons (Fsp3) is 0. The minimum absolute atomic E-state index is 0. The van der Waals surface area contributed by atoms with Crippen LogP contribution in [0.4, 0.5) is 0 Å². The van der Waals surface area contributed by atoms with Gasteiger partial charge in [-0.2, -0.15) is 0 Å². The Labute approximate surface area is 105 Å². The molecule has 0 radical (unpaired) electrons. The number of hydrogen-bond donors (Lipinski definition) is 0. The second-order valence-electron chi connectivity index (χ2n) is 3.50. The summed E-state index contributed by atoms with van der Waals surface area (Å²) in [5.41, 5.74) is 0.962. The van der Waals surface area contributed by atoms with Gasteiger partial charge in [0, 0.05) is 0 Å². The fourth-order valence-electron chi connectivity index (χ4n) is 1.74. The van der Waals surface area contributed by atoms with Crippen molar-refractivity contribution in [3.8, 4) is 5.82 Å². The van der Waals surface area contributed by atoms with E-state index in [0.29, 0.717) is 0 Å². The van der Waals surface area contributed by atoms with Gasteiger partial charge >= 0.3 is 5.82 Å². The molecular weight excluding hydrogens is 234 g/mol. The molecule has 0 aliphatic carbocycles. The summed E-state index contributed by atoms with van der Waals surface area (Å²) in [6.45, 7) is 0. The third kappa shape index (κ3) is 2.10. The topological polar surface area (TPSA) is 29.7 Å². The summed E-state index contributed by atoms with van der Waals surface area (Å²) in [5, 5.41) is 1.06. The Kier molecular flexibility index (Phi) is 3.30. The molecule has 1 aromatic carbocycles. The lowest BCUT2D eigenvalue weighted by atomic mass is 10.2. The fourth-order valence-corrected chi connectivity index (χ4v) is 1.74. The van der Waals surface area contributed by atoms with Crippen LogP contribution >= 0.6 is 0 Å². The first-order valence-corrected chi connectivity index (χ1v) is 5.11. The lowest BCUT2D eigenvalue weighted by Gasteiger charge is -1.98. The molecule has 0 aliphatic rings. The van der Waals surface area contributed by atoms with Crippen LogP contribution in [-0.2, 0) is 0 Å². The molecule has 0 amide bonds. The van der Waals surface area contributed by atoms with Crippen molar-refractivity contribution in [3.63, 3.8) is 0 Å². The standard InChI is InChI=1S/C13H10N3.ClH/c1-4-8-16(9-5-1)13-11-6-2-3-7-12(11)14-10-15-13;/h1-10H;1H/q+1;/p-1. The van der Waals surface area contributed by atoms with Crippen LogP contribution < -0.4 is 17.0 Å². The van der Waals surface area contributed by atoms with Gasteiger partial charge in [-0.15, -0.1) is 0 Å². The Morgan fingerprint density at radius 3 is 2.41 bits per heavy atom. The molecule has 3 rings (SSSR count). The van der Waals surface area contributed by atoms with Crippen LogP contribution in [-0.4, -0.2) is 9.97 Å². The van der Waals surface area contributed by atoms with Crippen molar-refractivity contribution in [2.75, 3.05) is 0 Å². The van der Waals surface area contributed by atoms with Crippen molar-refractivity contribution in [2.24, 2.45) is 0 Å². The smallest absolute Gasteiger partial charge is 0.338 e. The normalized spacial score (nSPS) is 9.88. The first-order valence-electron chi connectivity index (χ1n) is 5.11. The Hall–Kier alpha value is -2.00. The number of fused-ring (bicyclic) bond motifs is 1. The van der Waals surface area contributed by atoms with Gasteiger partial charge in [-0.1, -0.05) is 18.2 Å². The molecule has 0 unspecified atom stereocenters. The molecule has 3 nitrogen and oxygen atoms in total. The van der Waals surface area contributed by atoms with Crippen LogP contribution in [0, 0.1) is 0 Å². The minimum atomic E-state index is 0. The molecule has 0 saturated heterocycles. The van der Waals surface area contributed by atoms with Gasteiger partial charge in [-0.3, -0.25) is 0 Å². The van der Waals surface area contributed by atoms with Crippen LogP contribution in [0.5, 0.6) is 0 Å². The Morgan fingerprint density at radius 2 is 1.59 bits per heavy atom. The molecular formula is C13H10ClN3. The average molecular weight is 244 g/mol. The highest BCUT2D eigenvalue weighted by molar-refractivity contribution is 5.82. The third-order valence-corrected chi connectivity index (χ3v) is 2.48. The van der Waals surface area contributed by atoms with Gasteiger partial charge in [0.05, 0.1) is 23.3 Å². The highest BCUT2D eigenvalue weighted by atomic mass is 35.5. The summed E-state index contributed by atoms with van der Waals surface area (Å²) in [6.07, 6.45) is 5.56. The molecule has 0 saturated carbocycles. The van der Waals surface area contributed by atoms with Crippen molar-refractivity contribution in [1.82, 2.24) is 9.97 Å². The first kappa shape index (κ1) is 11.5. The number of benzene rings is 1. The van der Waals surface area contributed by atoms with Crippen molar-refractivity contribution in [1.29, 1.82) is 0 Å². The van der Waals surface area contributed by atoms with Crippen LogP contribution in [0.1, 0.15) is 0 Å². The van der Waals surface area contributed by atoms with Gasteiger partial charge in [-0.05, 0) is 29.2 Å². The number of aromatic nitrogens is 3. The molecule has 0 spiro atoms. The predicted octanol–water partition coefficient (Wildman–Crippen LogP) is -1.09. The van der Waals surface area contributed by atoms with Gasteiger partial charge in [0.15, 0.2) is 0 Å². The molecule has 4 heteroatoms. The number of nitrogens with zero attached hydrogens (tertiary/aromatic N) is 3. The lowest BCUT2D eigenvalue weighted by molar-refractivity contribution is -0.598. The Balaban J connectivity index is 0.00000108. The van der Waals surface area contributed by atoms with Gasteiger partial charge < -0.3 is 12.4 Å². The van der Waals surface area contributed by atoms with Crippen LogP contribution in [0.15, 0.2) is 61.2 Å². The average Bonchev–Trinajstić information content (AvgIpc) is 2.39. The van der Waals surface area contributed by atoms with Crippen molar-refractivity contribution >= 4 is 10.9 Å². The predicted molar refractivity (Wildman–Crippen MR) is 61.1 cm³/mol. The van der Waals surface area contributed by atoms with E-state index in [1.807, 2.05) is 59.4 Å². The van der Waals surface area contributed by atoms with Gasteiger partial charge in [0.25, 0.3) is 0 Å². The van der Waals surface area contributed by atoms with Gasteiger partial charge in [0.1, 0.15) is 0 Å². The summed E-state index contributed by atoms with van der Waals surface area (Å²) in [5.74, 6) is 0.909. The molecule has 84 valence electrons. The Morgan fingerprint density at radius 1 is 0.824 bits per heavy atom. The maximum Gasteiger partial charge on any atom is 0.338 e. The summed E-state index contributed by atoms with van der Waals surface area (Å²) in [4.78, 5) is 8.57. The zero-order valence-corrected chi connectivity index (χ0v) is 9.75. The number of rotatable bonds is 1. The second-order valence-corrected chi connectivity index (χ2v) is 3.50. The molecule has 0 N–H and O–H groups in total. The van der Waals surface area contributed by atoms with E-state index in [1.165, 1.54) is 0 Å². The monoisotopic (exact) mass is 243 g/mol. The highest BCUT2D eigenvalue weighted by Gasteiger charge is 2.11. The summed E-state index contributed by atoms with van der Waals surface area (Å²) >= 11 is 0. The van der Waals surface area contributed by atoms with Crippen molar-refractivity contribution in [2.45, 2.75) is 0 Å². The van der Waals surface area contributed by atoms with Crippen LogP contribution in [0.2, 0.25) is 0 Å². The van der Waals surface area contributed by atoms with E-state index < -0.39 is 0 Å². The van der Waals surface area contributed by atoms with E-state index in [4.69, 9.17) is 0 Å². The molecule has 0 fully saturated rings. The van der Waals surface area contributed by atoms with E-state index in [2.05, 4.69) is 9.97 Å². The SMILES string of the molecule is [Cl-].c1cc[n+](-c2ncnc3ccccc23)cc1. The van der Waals surface area contributed by atoms with Crippen molar-refractivity contribution in [3.05, 3.63) is 61.2 Å². The quantitative estimate of drug-likeness (QED) is 0.509. The van der Waals surface area contributed by atoms with E-state index in [9.17, 15) is 0 Å². The molecule has 0 atom stereocenters. The van der Waals surface area contributed by atoms with E-state index in [-0.39, 0.29) is 12.4 Å². The van der Waals surface area contributed by atoms with Gasteiger partial charge in [0.2, 0.25) is 6.33 Å². The minimum Gasteiger partial charge on any atom is -1.00 e. The number of hydrogen-bond acceptors (Lipinski definition) is 2. The van der Waals surface area contributed by atoms with Crippen LogP contribution in [0.3, 0.4) is 0 Å². The molecule has 3 aromatic rings. The zero-order valence-electron chi connectivity index (χ0n) is 8.99. The number of halogens is 1. The van der Waals surface area contributed by atoms with Crippen molar-refractivity contribution < 1.29 is 17.0 Å². The van der Waals surface area contributed by atoms with E-state index in [0.717, 1.165) is 16.7 Å². The molecule has 0 bridgehead atoms. The van der Waals surface area contributed by atoms with E-state index in [1.54, 1.807) is 6.33 Å². The summed E-state index contributed by atoms with van der Waals surface area (Å²) < 4.78 is 1.99. The largest absolute Gasteiger partial charge is 1.00 e. The molecule has 2 aromatic heterocycles. The number of pyridine rings is 1. The zero-order chi connectivity index (χ0) is 10.8. The second kappa shape index (κ2) is 4.89. The highest BCUT2D eigenvalue weighted by Crippen LogP contribution is 2.13. The Bertz CT molecular complexity index is 620. The van der Waals surface area contributed by atoms with E-state index >= 15 is 0 Å². The maximum absolute atomic E-state index is 4.33. The lowest BCUT2D eigenvalue weighted by Crippen LogP contribution is -3.00. The molecule has 2 heterocycles. The molecule has 0 aliphatic heterocycles. The third-order valence-electron chi connectivity index (χ3n) is 2.48. The van der Waals surface area contributed by atoms with Crippen LogP contribution in [0.25, 0.3) is 16.7 Å². The number of para-hydroxylation sites is 1. The van der Waals surface area contributed by atoms with Gasteiger partial charge in [-0.25, -0.2) is 9.55 Å².